The predicted octanol–water partition coefficient (Wildman–Crippen LogP) is 4.30. The number of hydrogen-bond donors (Lipinski definition) is 0. The molecule has 0 bridgehead atoms. The van der Waals surface area contributed by atoms with Crippen LogP contribution in [0.3, 0.4) is 0 Å². The number of nitrogens with zero attached hydrogens (tertiary/aromatic N) is 1. The maximum absolute atomic E-state index is 13.1. The van der Waals surface area contributed by atoms with Crippen LogP contribution in [0.15, 0.2) is 40.5 Å². The minimum Gasteiger partial charge on any atom is -0.463 e. The van der Waals surface area contributed by atoms with Gasteiger partial charge in [-0.05, 0) is 59.0 Å². The van der Waals surface area contributed by atoms with Gasteiger partial charge in [0.05, 0.1) is 6.61 Å². The number of aliphatic imine (C=N–C) groups is 1. The molecule has 0 aromatic heterocycles. The van der Waals surface area contributed by atoms with Gasteiger partial charge in [0.25, 0.3) is 0 Å². The van der Waals surface area contributed by atoms with E-state index < -0.39 is 5.92 Å². The Kier molecular flexibility index (Phi) is 6.39. The molecule has 0 fully saturated rings. The van der Waals surface area contributed by atoms with E-state index in [1.165, 1.54) is 0 Å². The summed E-state index contributed by atoms with van der Waals surface area (Å²) in [4.78, 5) is 30.8. The Morgan fingerprint density at radius 1 is 1.29 bits per heavy atom. The first-order chi connectivity index (χ1) is 13.2. The molecule has 1 aliphatic heterocycles. The number of rotatable bonds is 5. The number of hydrogen-bond acceptors (Lipinski definition) is 5. The summed E-state index contributed by atoms with van der Waals surface area (Å²) >= 11 is 2.25. The average molecular weight is 495 g/mol. The summed E-state index contributed by atoms with van der Waals surface area (Å²) in [7, 11) is 1.56. The Balaban J connectivity index is 2.08. The van der Waals surface area contributed by atoms with E-state index >= 15 is 0 Å². The summed E-state index contributed by atoms with van der Waals surface area (Å²) in [6.45, 7) is 6.56. The Labute approximate surface area is 179 Å². The van der Waals surface area contributed by atoms with E-state index in [1.54, 1.807) is 7.11 Å². The van der Waals surface area contributed by atoms with Crippen LogP contribution in [0.5, 0.6) is 0 Å². The number of esters is 1. The highest BCUT2D eigenvalue weighted by molar-refractivity contribution is 14.1. The second-order valence-corrected chi connectivity index (χ2v) is 9.47. The van der Waals surface area contributed by atoms with Gasteiger partial charge < -0.3 is 9.47 Å². The standard InChI is InChI=1S/C22H26INO4/c1-13-18(21(26)28-9-8-27-4)19(14-6-5-7-15(23)10-14)20-16(24-13)11-22(2,3)12-17(20)25/h5-7,10,18-19H,8-9,11-12H2,1-4H3/t18?,19-/m0/s1. The quantitative estimate of drug-likeness (QED) is 0.347. The molecule has 6 heteroatoms. The molecule has 0 N–H and O–H groups in total. The molecule has 1 aromatic carbocycles. The molecule has 1 aromatic rings. The molecule has 1 aliphatic carbocycles. The molecule has 2 atom stereocenters. The van der Waals surface area contributed by atoms with E-state index in [2.05, 4.69) is 36.4 Å². The topological polar surface area (TPSA) is 65.0 Å². The number of carbonyl (C=O) groups excluding carboxylic acids is 2. The molecule has 0 saturated heterocycles. The number of allylic oxidation sites excluding steroid dienone is 2. The zero-order valence-corrected chi connectivity index (χ0v) is 18.9. The van der Waals surface area contributed by atoms with Crippen LogP contribution in [-0.4, -0.2) is 37.8 Å². The number of methoxy groups -OCH3 is 1. The number of Topliss-reactive ketones (excluding diaryl/α,β-unsaturated/α-hetero) is 1. The van der Waals surface area contributed by atoms with Gasteiger partial charge in [0, 0.05) is 40.0 Å². The minimum absolute atomic E-state index is 0.0843. The number of halogens is 1. The van der Waals surface area contributed by atoms with Crippen molar-refractivity contribution in [1.82, 2.24) is 0 Å². The van der Waals surface area contributed by atoms with Crippen molar-refractivity contribution >= 4 is 40.1 Å². The van der Waals surface area contributed by atoms with E-state index in [1.807, 2.05) is 31.2 Å². The number of benzene rings is 1. The average Bonchev–Trinajstić information content (AvgIpc) is 2.59. The summed E-state index contributed by atoms with van der Waals surface area (Å²) < 4.78 is 11.5. The molecule has 3 rings (SSSR count). The lowest BCUT2D eigenvalue weighted by Gasteiger charge is -2.39. The Bertz CT molecular complexity index is 856. The van der Waals surface area contributed by atoms with Crippen LogP contribution in [0.2, 0.25) is 0 Å². The van der Waals surface area contributed by atoms with Gasteiger partial charge in [-0.3, -0.25) is 14.6 Å². The van der Waals surface area contributed by atoms with Crippen LogP contribution in [-0.2, 0) is 19.1 Å². The molecule has 2 aliphatic rings. The third kappa shape index (κ3) is 4.38. The van der Waals surface area contributed by atoms with Crippen LogP contribution in [0.25, 0.3) is 0 Å². The second kappa shape index (κ2) is 8.45. The maximum atomic E-state index is 13.1. The fourth-order valence-corrected chi connectivity index (χ4v) is 4.69. The lowest BCUT2D eigenvalue weighted by Crippen LogP contribution is -2.39. The fourth-order valence-electron chi connectivity index (χ4n) is 4.13. The first-order valence-corrected chi connectivity index (χ1v) is 10.5. The Hall–Kier alpha value is -1.54. The summed E-state index contributed by atoms with van der Waals surface area (Å²) in [6, 6.07) is 7.99. The van der Waals surface area contributed by atoms with Crippen molar-refractivity contribution in [1.29, 1.82) is 0 Å². The van der Waals surface area contributed by atoms with Gasteiger partial charge in [-0.1, -0.05) is 26.0 Å². The summed E-state index contributed by atoms with van der Waals surface area (Å²) in [6.07, 6.45) is 1.20. The van der Waals surface area contributed by atoms with Gasteiger partial charge in [-0.15, -0.1) is 0 Å². The predicted molar refractivity (Wildman–Crippen MR) is 116 cm³/mol. The third-order valence-corrected chi connectivity index (χ3v) is 5.97. The first-order valence-electron chi connectivity index (χ1n) is 9.46. The summed E-state index contributed by atoms with van der Waals surface area (Å²) in [5.74, 6) is -1.23. The van der Waals surface area contributed by atoms with Crippen molar-refractivity contribution < 1.29 is 19.1 Å². The lowest BCUT2D eigenvalue weighted by molar-refractivity contribution is -0.147. The highest BCUT2D eigenvalue weighted by Crippen LogP contribution is 2.48. The summed E-state index contributed by atoms with van der Waals surface area (Å²) in [5, 5.41) is 0. The number of carbonyl (C=O) groups is 2. The smallest absolute Gasteiger partial charge is 0.315 e. The van der Waals surface area contributed by atoms with Crippen molar-refractivity contribution in [2.24, 2.45) is 16.3 Å². The highest BCUT2D eigenvalue weighted by atomic mass is 127. The summed E-state index contributed by atoms with van der Waals surface area (Å²) in [5.41, 5.74) is 3.04. The van der Waals surface area contributed by atoms with Gasteiger partial charge in [0.2, 0.25) is 0 Å². The normalized spacial score (nSPS) is 23.9. The van der Waals surface area contributed by atoms with Crippen molar-refractivity contribution in [2.45, 2.75) is 39.5 Å². The molecule has 0 saturated carbocycles. The zero-order valence-electron chi connectivity index (χ0n) is 16.8. The Morgan fingerprint density at radius 2 is 2.04 bits per heavy atom. The molecule has 28 heavy (non-hydrogen) atoms. The molecular formula is C22H26INO4. The molecule has 1 unspecified atom stereocenters. The van der Waals surface area contributed by atoms with E-state index in [0.717, 1.165) is 21.3 Å². The molecular weight excluding hydrogens is 469 g/mol. The van der Waals surface area contributed by atoms with E-state index in [0.29, 0.717) is 24.3 Å². The van der Waals surface area contributed by atoms with E-state index in [9.17, 15) is 9.59 Å². The largest absolute Gasteiger partial charge is 0.463 e. The van der Waals surface area contributed by atoms with Crippen molar-refractivity contribution in [3.63, 3.8) is 0 Å². The van der Waals surface area contributed by atoms with Crippen LogP contribution < -0.4 is 0 Å². The molecule has 1 heterocycles. The van der Waals surface area contributed by atoms with Gasteiger partial charge in [0.1, 0.15) is 12.5 Å². The van der Waals surface area contributed by atoms with Gasteiger partial charge in [-0.2, -0.15) is 0 Å². The molecule has 0 radical (unpaired) electrons. The minimum atomic E-state index is -0.598. The molecule has 150 valence electrons. The number of ketones is 1. The van der Waals surface area contributed by atoms with Crippen LogP contribution in [0.1, 0.15) is 45.1 Å². The first kappa shape index (κ1) is 21.2. The molecule has 0 amide bonds. The van der Waals surface area contributed by atoms with Crippen LogP contribution in [0, 0.1) is 14.9 Å². The van der Waals surface area contributed by atoms with Crippen molar-refractivity contribution in [2.75, 3.05) is 20.3 Å². The second-order valence-electron chi connectivity index (χ2n) is 8.23. The zero-order chi connectivity index (χ0) is 20.5. The van der Waals surface area contributed by atoms with E-state index in [-0.39, 0.29) is 29.7 Å². The maximum Gasteiger partial charge on any atom is 0.315 e. The fraction of sp³-hybridized carbons (Fsp3) is 0.500. The van der Waals surface area contributed by atoms with Gasteiger partial charge in [-0.25, -0.2) is 0 Å². The molecule has 5 nitrogen and oxygen atoms in total. The monoisotopic (exact) mass is 495 g/mol. The SMILES string of the molecule is COCCOC(=O)C1C(C)=NC2=C(C(=O)CC(C)(C)C2)[C@H]1c1cccc(I)c1. The van der Waals surface area contributed by atoms with Gasteiger partial charge in [0.15, 0.2) is 5.78 Å². The number of ether oxygens (including phenoxy) is 2. The molecule has 0 spiro atoms. The van der Waals surface area contributed by atoms with Crippen molar-refractivity contribution in [3.8, 4) is 0 Å². The van der Waals surface area contributed by atoms with Gasteiger partial charge >= 0.3 is 5.97 Å². The lowest BCUT2D eigenvalue weighted by atomic mass is 9.67. The highest BCUT2D eigenvalue weighted by Gasteiger charge is 2.46. The Morgan fingerprint density at radius 3 is 2.71 bits per heavy atom. The van der Waals surface area contributed by atoms with Crippen LogP contribution >= 0.6 is 22.6 Å². The third-order valence-electron chi connectivity index (χ3n) is 5.30. The van der Waals surface area contributed by atoms with Crippen molar-refractivity contribution in [3.05, 3.63) is 44.7 Å². The van der Waals surface area contributed by atoms with E-state index in [4.69, 9.17) is 14.5 Å². The van der Waals surface area contributed by atoms with Crippen LogP contribution in [0.4, 0.5) is 0 Å².